The Morgan fingerprint density at radius 1 is 1.24 bits per heavy atom. The van der Waals surface area contributed by atoms with E-state index >= 15 is 0 Å². The van der Waals surface area contributed by atoms with Crippen molar-refractivity contribution in [2.24, 2.45) is 0 Å². The van der Waals surface area contributed by atoms with Crippen molar-refractivity contribution >= 4 is 27.5 Å². The lowest BCUT2D eigenvalue weighted by molar-refractivity contribution is -0.128. The van der Waals surface area contributed by atoms with Crippen molar-refractivity contribution in [1.82, 2.24) is 4.90 Å². The van der Waals surface area contributed by atoms with Gasteiger partial charge in [0.2, 0.25) is 5.91 Å². The molecule has 1 fully saturated rings. The monoisotopic (exact) mass is 298 g/mol. The Hall–Kier alpha value is -1.23. The van der Waals surface area contributed by atoms with Gasteiger partial charge in [0.1, 0.15) is 5.75 Å². The molecule has 1 heterocycles. The van der Waals surface area contributed by atoms with Crippen LogP contribution < -0.4 is 4.90 Å². The molecule has 5 heteroatoms. The predicted molar refractivity (Wildman–Crippen MR) is 70.7 cm³/mol. The van der Waals surface area contributed by atoms with E-state index in [4.69, 9.17) is 0 Å². The molecule has 0 radical (unpaired) electrons. The third-order valence-corrected chi connectivity index (χ3v) is 3.45. The quantitative estimate of drug-likeness (QED) is 0.840. The van der Waals surface area contributed by atoms with Gasteiger partial charge in [0.25, 0.3) is 0 Å². The average molecular weight is 299 g/mol. The van der Waals surface area contributed by atoms with E-state index in [2.05, 4.69) is 20.8 Å². The summed E-state index contributed by atoms with van der Waals surface area (Å²) >= 11 is 3.18. The number of nitrogens with zero attached hydrogens (tertiary/aromatic N) is 2. The summed E-state index contributed by atoms with van der Waals surface area (Å²) in [6.45, 7) is 2.93. The lowest BCUT2D eigenvalue weighted by atomic mass is 10.2. The maximum absolute atomic E-state index is 11.5. The molecule has 4 nitrogen and oxygen atoms in total. The lowest BCUT2D eigenvalue weighted by Gasteiger charge is -2.36. The Kier molecular flexibility index (Phi) is 3.89. The zero-order chi connectivity index (χ0) is 12.3. The lowest BCUT2D eigenvalue weighted by Crippen LogP contribution is -2.49. The van der Waals surface area contributed by atoms with E-state index in [9.17, 15) is 9.90 Å². The fraction of sp³-hybridized carbons (Fsp3) is 0.417. The van der Waals surface area contributed by atoms with Crippen LogP contribution in [0, 0.1) is 0 Å². The van der Waals surface area contributed by atoms with Crippen LogP contribution >= 0.6 is 15.9 Å². The van der Waals surface area contributed by atoms with Crippen molar-refractivity contribution in [3.05, 3.63) is 24.3 Å². The van der Waals surface area contributed by atoms with E-state index in [0.717, 1.165) is 18.8 Å². The van der Waals surface area contributed by atoms with Crippen LogP contribution in [0.3, 0.4) is 0 Å². The summed E-state index contributed by atoms with van der Waals surface area (Å²) in [5.74, 6) is 0.426. The van der Waals surface area contributed by atoms with Crippen molar-refractivity contribution in [3.63, 3.8) is 0 Å². The second-order valence-corrected chi connectivity index (χ2v) is 4.55. The number of para-hydroxylation sites is 2. The molecule has 17 heavy (non-hydrogen) atoms. The van der Waals surface area contributed by atoms with Crippen LogP contribution in [0.4, 0.5) is 5.69 Å². The van der Waals surface area contributed by atoms with Crippen molar-refractivity contribution in [3.8, 4) is 5.75 Å². The number of benzene rings is 1. The van der Waals surface area contributed by atoms with Gasteiger partial charge in [-0.15, -0.1) is 0 Å². The highest BCUT2D eigenvalue weighted by Crippen LogP contribution is 2.27. The van der Waals surface area contributed by atoms with Crippen LogP contribution in [0.1, 0.15) is 0 Å². The number of piperazine rings is 1. The molecule has 1 aliphatic rings. The van der Waals surface area contributed by atoms with Gasteiger partial charge in [0.05, 0.1) is 11.0 Å². The number of phenols is 1. The van der Waals surface area contributed by atoms with E-state index in [1.165, 1.54) is 0 Å². The van der Waals surface area contributed by atoms with E-state index < -0.39 is 0 Å². The molecular weight excluding hydrogens is 284 g/mol. The minimum atomic E-state index is 0.127. The summed E-state index contributed by atoms with van der Waals surface area (Å²) in [6.07, 6.45) is 0. The smallest absolute Gasteiger partial charge is 0.233 e. The zero-order valence-electron chi connectivity index (χ0n) is 9.47. The second kappa shape index (κ2) is 5.40. The summed E-state index contributed by atoms with van der Waals surface area (Å²) in [5, 5.41) is 10.1. The highest BCUT2D eigenvalue weighted by Gasteiger charge is 2.21. The van der Waals surface area contributed by atoms with Gasteiger partial charge in [-0.25, -0.2) is 0 Å². The Morgan fingerprint density at radius 2 is 1.88 bits per heavy atom. The summed E-state index contributed by atoms with van der Waals surface area (Å²) in [6, 6.07) is 7.30. The van der Waals surface area contributed by atoms with Crippen molar-refractivity contribution in [2.75, 3.05) is 36.4 Å². The Bertz CT molecular complexity index is 403. The van der Waals surface area contributed by atoms with Crippen molar-refractivity contribution in [2.45, 2.75) is 0 Å². The molecular formula is C12H15BrN2O2. The molecule has 0 saturated carbocycles. The van der Waals surface area contributed by atoms with Crippen LogP contribution in [0.2, 0.25) is 0 Å². The van der Waals surface area contributed by atoms with E-state index in [1.54, 1.807) is 6.07 Å². The number of hydrogen-bond donors (Lipinski definition) is 1. The van der Waals surface area contributed by atoms with Gasteiger partial charge in [-0.2, -0.15) is 0 Å². The van der Waals surface area contributed by atoms with Crippen LogP contribution in [0.25, 0.3) is 0 Å². The summed E-state index contributed by atoms with van der Waals surface area (Å²) in [7, 11) is 0. The molecule has 2 rings (SSSR count). The van der Waals surface area contributed by atoms with Crippen LogP contribution in [-0.4, -0.2) is 47.4 Å². The Balaban J connectivity index is 2.00. The molecule has 92 valence electrons. The number of alkyl halides is 1. The van der Waals surface area contributed by atoms with Crippen LogP contribution in [0.15, 0.2) is 24.3 Å². The third-order valence-electron chi connectivity index (χ3n) is 2.97. The molecule has 1 aromatic carbocycles. The minimum absolute atomic E-state index is 0.127. The number of halogens is 1. The molecule has 0 atom stereocenters. The Morgan fingerprint density at radius 3 is 2.47 bits per heavy atom. The number of phenolic OH excluding ortho intramolecular Hbond substituents is 1. The van der Waals surface area contributed by atoms with Gasteiger partial charge in [-0.3, -0.25) is 4.79 Å². The standard InChI is InChI=1S/C12H15BrN2O2/c13-9-12(17)15-7-5-14(6-8-15)10-3-1-2-4-11(10)16/h1-4,16H,5-9H2. The van der Waals surface area contributed by atoms with Gasteiger partial charge in [-0.05, 0) is 12.1 Å². The molecule has 1 saturated heterocycles. The first-order valence-corrected chi connectivity index (χ1v) is 6.71. The van der Waals surface area contributed by atoms with Crippen molar-refractivity contribution in [1.29, 1.82) is 0 Å². The number of hydrogen-bond acceptors (Lipinski definition) is 3. The number of carbonyl (C=O) groups is 1. The summed E-state index contributed by atoms with van der Waals surface area (Å²) < 4.78 is 0. The number of amides is 1. The highest BCUT2D eigenvalue weighted by atomic mass is 79.9. The normalized spacial score (nSPS) is 16.1. The molecule has 0 aliphatic carbocycles. The van der Waals surface area contributed by atoms with E-state index in [0.29, 0.717) is 24.2 Å². The van der Waals surface area contributed by atoms with Gasteiger partial charge in [0.15, 0.2) is 0 Å². The van der Waals surface area contributed by atoms with E-state index in [1.807, 2.05) is 23.1 Å². The van der Waals surface area contributed by atoms with Gasteiger partial charge in [-0.1, -0.05) is 28.1 Å². The number of rotatable bonds is 2. The summed E-state index contributed by atoms with van der Waals surface area (Å²) in [5.41, 5.74) is 0.846. The number of aromatic hydroxyl groups is 1. The fourth-order valence-electron chi connectivity index (χ4n) is 2.01. The van der Waals surface area contributed by atoms with Crippen LogP contribution in [0.5, 0.6) is 5.75 Å². The minimum Gasteiger partial charge on any atom is -0.506 e. The maximum atomic E-state index is 11.5. The topological polar surface area (TPSA) is 43.8 Å². The fourth-order valence-corrected chi connectivity index (χ4v) is 2.37. The first-order chi connectivity index (χ1) is 8.22. The van der Waals surface area contributed by atoms with Crippen LogP contribution in [-0.2, 0) is 4.79 Å². The van der Waals surface area contributed by atoms with Crippen molar-refractivity contribution < 1.29 is 9.90 Å². The highest BCUT2D eigenvalue weighted by molar-refractivity contribution is 9.09. The Labute approximate surface area is 109 Å². The molecule has 0 bridgehead atoms. The molecule has 1 amide bonds. The number of anilines is 1. The molecule has 0 unspecified atom stereocenters. The maximum Gasteiger partial charge on any atom is 0.233 e. The summed E-state index contributed by atoms with van der Waals surface area (Å²) in [4.78, 5) is 15.4. The zero-order valence-corrected chi connectivity index (χ0v) is 11.1. The second-order valence-electron chi connectivity index (χ2n) is 3.99. The van der Waals surface area contributed by atoms with Gasteiger partial charge >= 0.3 is 0 Å². The molecule has 0 aromatic heterocycles. The number of carbonyl (C=O) groups excluding carboxylic acids is 1. The average Bonchev–Trinajstić information content (AvgIpc) is 2.39. The predicted octanol–water partition coefficient (Wildman–Crippen LogP) is 1.44. The SMILES string of the molecule is O=C(CBr)N1CCN(c2ccccc2O)CC1. The molecule has 1 N–H and O–H groups in total. The van der Waals surface area contributed by atoms with Gasteiger partial charge < -0.3 is 14.9 Å². The first-order valence-electron chi connectivity index (χ1n) is 5.59. The van der Waals surface area contributed by atoms with E-state index in [-0.39, 0.29) is 5.91 Å². The molecule has 0 spiro atoms. The molecule has 1 aliphatic heterocycles. The largest absolute Gasteiger partial charge is 0.506 e. The first kappa shape index (κ1) is 12.2. The van der Waals surface area contributed by atoms with Gasteiger partial charge in [0, 0.05) is 26.2 Å². The third kappa shape index (κ3) is 2.72. The molecule has 1 aromatic rings.